The fraction of sp³-hybridized carbons (Fsp3) is 0.125. The van der Waals surface area contributed by atoms with Gasteiger partial charge in [0.2, 0.25) is 0 Å². The van der Waals surface area contributed by atoms with Crippen LogP contribution in [0.2, 0.25) is 0 Å². The molecule has 0 saturated heterocycles. The van der Waals surface area contributed by atoms with E-state index in [1.165, 1.54) is 12.1 Å². The second kappa shape index (κ2) is 5.30. The van der Waals surface area contributed by atoms with E-state index in [0.717, 1.165) is 6.07 Å². The molecule has 0 radical (unpaired) electrons. The van der Waals surface area contributed by atoms with Gasteiger partial charge < -0.3 is 0 Å². The lowest BCUT2D eigenvalue weighted by molar-refractivity contribution is -0.136. The highest BCUT2D eigenvalue weighted by Gasteiger charge is 2.33. The highest BCUT2D eigenvalue weighted by molar-refractivity contribution is 5.70. The van der Waals surface area contributed by atoms with Crippen molar-refractivity contribution < 1.29 is 13.2 Å². The van der Waals surface area contributed by atoms with E-state index in [0.29, 0.717) is 22.3 Å². The topological polar surface area (TPSA) is 28.1 Å². The number of nitrogens with zero attached hydrogens (tertiary/aromatic N) is 2. The first-order chi connectivity index (χ1) is 9.86. The average molecular weight is 286 g/mol. The standard InChI is InChI=1S/C16H9F3N2/c1-10-7-11(3-4-13(10)9-20)12-5-6-15(21-2)14(8-12)16(17,18)19/h3-8H,1H3. The summed E-state index contributed by atoms with van der Waals surface area (Å²) >= 11 is 0. The number of benzene rings is 2. The molecule has 0 heterocycles. The maximum atomic E-state index is 12.9. The van der Waals surface area contributed by atoms with Crippen LogP contribution in [0, 0.1) is 24.8 Å². The summed E-state index contributed by atoms with van der Waals surface area (Å²) in [5.41, 5.74) is 0.745. The van der Waals surface area contributed by atoms with Gasteiger partial charge in [-0.25, -0.2) is 4.85 Å². The van der Waals surface area contributed by atoms with Crippen LogP contribution in [0.5, 0.6) is 0 Å². The van der Waals surface area contributed by atoms with Gasteiger partial charge in [-0.3, -0.25) is 0 Å². The van der Waals surface area contributed by atoms with Gasteiger partial charge in [0.1, 0.15) is 0 Å². The molecule has 0 fully saturated rings. The van der Waals surface area contributed by atoms with Crippen LogP contribution >= 0.6 is 0 Å². The van der Waals surface area contributed by atoms with E-state index in [1.807, 2.05) is 6.07 Å². The fourth-order valence-corrected chi connectivity index (χ4v) is 2.01. The summed E-state index contributed by atoms with van der Waals surface area (Å²) in [6, 6.07) is 10.4. The van der Waals surface area contributed by atoms with Crippen LogP contribution < -0.4 is 0 Å². The predicted molar refractivity (Wildman–Crippen MR) is 72.6 cm³/mol. The van der Waals surface area contributed by atoms with Crippen LogP contribution in [0.1, 0.15) is 16.7 Å². The minimum Gasteiger partial charge on any atom is -0.238 e. The van der Waals surface area contributed by atoms with Crippen molar-refractivity contribution in [2.75, 3.05) is 0 Å². The van der Waals surface area contributed by atoms with Crippen molar-refractivity contribution in [1.82, 2.24) is 0 Å². The zero-order valence-electron chi connectivity index (χ0n) is 11.0. The van der Waals surface area contributed by atoms with Gasteiger partial charge in [-0.15, -0.1) is 0 Å². The lowest BCUT2D eigenvalue weighted by Gasteiger charge is -2.11. The number of hydrogen-bond acceptors (Lipinski definition) is 1. The molecule has 0 aromatic heterocycles. The monoisotopic (exact) mass is 286 g/mol. The van der Waals surface area contributed by atoms with Crippen LogP contribution in [0.25, 0.3) is 16.0 Å². The molecule has 0 aliphatic rings. The maximum absolute atomic E-state index is 12.9. The maximum Gasteiger partial charge on any atom is 0.407 e. The van der Waals surface area contributed by atoms with Gasteiger partial charge >= 0.3 is 6.18 Å². The Hall–Kier alpha value is -2.79. The summed E-state index contributed by atoms with van der Waals surface area (Å²) in [5.74, 6) is 0. The first-order valence-corrected chi connectivity index (χ1v) is 5.96. The van der Waals surface area contributed by atoms with Crippen molar-refractivity contribution in [1.29, 1.82) is 5.26 Å². The zero-order chi connectivity index (χ0) is 15.6. The number of nitriles is 1. The molecule has 0 atom stereocenters. The summed E-state index contributed by atoms with van der Waals surface area (Å²) in [7, 11) is 0. The summed E-state index contributed by atoms with van der Waals surface area (Å²) in [6.45, 7) is 8.54. The van der Waals surface area contributed by atoms with Gasteiger partial charge in [0.05, 0.1) is 23.8 Å². The molecule has 5 heteroatoms. The molecule has 0 aliphatic carbocycles. The molecular weight excluding hydrogens is 277 g/mol. The number of halogens is 3. The van der Waals surface area contributed by atoms with Crippen molar-refractivity contribution in [2.45, 2.75) is 13.1 Å². The number of rotatable bonds is 1. The Morgan fingerprint density at radius 3 is 2.24 bits per heavy atom. The highest BCUT2D eigenvalue weighted by Crippen LogP contribution is 2.39. The van der Waals surface area contributed by atoms with Crippen LogP contribution in [0.15, 0.2) is 36.4 Å². The molecule has 21 heavy (non-hydrogen) atoms. The molecule has 2 rings (SSSR count). The lowest BCUT2D eigenvalue weighted by Crippen LogP contribution is -2.05. The summed E-state index contributed by atoms with van der Waals surface area (Å²) in [6.07, 6.45) is -4.57. The summed E-state index contributed by atoms with van der Waals surface area (Å²) in [5, 5.41) is 8.87. The van der Waals surface area contributed by atoms with Crippen LogP contribution in [-0.4, -0.2) is 0 Å². The molecule has 0 spiro atoms. The van der Waals surface area contributed by atoms with E-state index in [2.05, 4.69) is 4.85 Å². The first kappa shape index (κ1) is 14.6. The Morgan fingerprint density at radius 1 is 1.10 bits per heavy atom. The molecule has 0 bridgehead atoms. The van der Waals surface area contributed by atoms with E-state index in [-0.39, 0.29) is 0 Å². The number of aryl methyl sites for hydroxylation is 1. The smallest absolute Gasteiger partial charge is 0.238 e. The Kier molecular flexibility index (Phi) is 3.69. The van der Waals surface area contributed by atoms with Crippen molar-refractivity contribution in [3.8, 4) is 17.2 Å². The third-order valence-corrected chi connectivity index (χ3v) is 3.10. The first-order valence-electron chi connectivity index (χ1n) is 5.96. The molecule has 2 nitrogen and oxygen atoms in total. The summed E-state index contributed by atoms with van der Waals surface area (Å²) < 4.78 is 38.8. The Morgan fingerprint density at radius 2 is 1.71 bits per heavy atom. The molecule has 2 aromatic rings. The minimum atomic E-state index is -4.57. The SMILES string of the molecule is [C-]#[N+]c1ccc(-c2ccc(C#N)c(C)c2)cc1C(F)(F)F. The number of hydrogen-bond donors (Lipinski definition) is 0. The van der Waals surface area contributed by atoms with Gasteiger partial charge in [-0.2, -0.15) is 18.4 Å². The van der Waals surface area contributed by atoms with Gasteiger partial charge in [0.25, 0.3) is 0 Å². The second-order valence-electron chi connectivity index (χ2n) is 4.48. The number of alkyl halides is 3. The molecule has 0 N–H and O–H groups in total. The molecule has 0 amide bonds. The van der Waals surface area contributed by atoms with E-state index < -0.39 is 17.4 Å². The molecular formula is C16H9F3N2. The van der Waals surface area contributed by atoms with Gasteiger partial charge in [-0.05, 0) is 29.7 Å². The largest absolute Gasteiger partial charge is 0.407 e. The molecule has 0 unspecified atom stereocenters. The van der Waals surface area contributed by atoms with Gasteiger partial charge in [0, 0.05) is 0 Å². The Bertz CT molecular complexity index is 778. The van der Waals surface area contributed by atoms with Gasteiger partial charge in [-0.1, -0.05) is 30.3 Å². The second-order valence-corrected chi connectivity index (χ2v) is 4.48. The van der Waals surface area contributed by atoms with Crippen molar-refractivity contribution in [2.24, 2.45) is 0 Å². The predicted octanol–water partition coefficient (Wildman–Crippen LogP) is 5.10. The minimum absolute atomic E-state index is 0.363. The molecule has 104 valence electrons. The average Bonchev–Trinajstić information content (AvgIpc) is 2.45. The van der Waals surface area contributed by atoms with E-state index in [4.69, 9.17) is 11.8 Å². The zero-order valence-corrected chi connectivity index (χ0v) is 11.0. The normalized spacial score (nSPS) is 10.8. The third-order valence-electron chi connectivity index (χ3n) is 3.10. The molecule has 2 aromatic carbocycles. The van der Waals surface area contributed by atoms with E-state index in [1.54, 1.807) is 25.1 Å². The summed E-state index contributed by atoms with van der Waals surface area (Å²) in [4.78, 5) is 2.90. The Labute approximate surface area is 119 Å². The van der Waals surface area contributed by atoms with Crippen molar-refractivity contribution >= 4 is 5.69 Å². The fourth-order valence-electron chi connectivity index (χ4n) is 2.01. The molecule has 0 saturated carbocycles. The van der Waals surface area contributed by atoms with Crippen LogP contribution in [0.3, 0.4) is 0 Å². The van der Waals surface area contributed by atoms with E-state index in [9.17, 15) is 13.2 Å². The Balaban J connectivity index is 2.59. The quantitative estimate of drug-likeness (QED) is 0.670. The van der Waals surface area contributed by atoms with Crippen molar-refractivity contribution in [3.63, 3.8) is 0 Å². The highest BCUT2D eigenvalue weighted by atomic mass is 19.4. The lowest BCUT2D eigenvalue weighted by atomic mass is 9.98. The van der Waals surface area contributed by atoms with Crippen LogP contribution in [-0.2, 0) is 6.18 Å². The van der Waals surface area contributed by atoms with Crippen LogP contribution in [0.4, 0.5) is 18.9 Å². The van der Waals surface area contributed by atoms with Gasteiger partial charge in [0.15, 0.2) is 5.69 Å². The molecule has 0 aliphatic heterocycles. The van der Waals surface area contributed by atoms with E-state index >= 15 is 0 Å². The van der Waals surface area contributed by atoms with Crippen molar-refractivity contribution in [3.05, 3.63) is 64.5 Å². The third kappa shape index (κ3) is 2.88.